The lowest BCUT2D eigenvalue weighted by Crippen LogP contribution is -2.54. The van der Waals surface area contributed by atoms with Gasteiger partial charge in [-0.1, -0.05) is 35.5 Å². The number of piperazine rings is 1. The summed E-state index contributed by atoms with van der Waals surface area (Å²) in [5.74, 6) is 0. The third kappa shape index (κ3) is 3.95. The third-order valence-electron chi connectivity index (χ3n) is 5.17. The van der Waals surface area contributed by atoms with Crippen LogP contribution >= 0.6 is 0 Å². The summed E-state index contributed by atoms with van der Waals surface area (Å²) in [6.07, 6.45) is 2.52. The van der Waals surface area contributed by atoms with Gasteiger partial charge in [0.15, 0.2) is 0 Å². The van der Waals surface area contributed by atoms with Crippen molar-refractivity contribution in [2.75, 3.05) is 19.6 Å². The van der Waals surface area contributed by atoms with Gasteiger partial charge in [-0.25, -0.2) is 13.1 Å². The number of aliphatic hydroxyl groups excluding tert-OH is 1. The van der Waals surface area contributed by atoms with Gasteiger partial charge in [-0.2, -0.15) is 4.31 Å². The maximum absolute atomic E-state index is 13.2. The zero-order valence-corrected chi connectivity index (χ0v) is 16.9. The molecule has 2 aromatic carbocycles. The van der Waals surface area contributed by atoms with E-state index in [1.165, 1.54) is 4.31 Å². The molecule has 1 aliphatic rings. The predicted molar refractivity (Wildman–Crippen MR) is 108 cm³/mol. The minimum atomic E-state index is -3.63. The van der Waals surface area contributed by atoms with E-state index in [2.05, 4.69) is 10.3 Å². The van der Waals surface area contributed by atoms with E-state index in [0.29, 0.717) is 19.6 Å². The molecule has 2 atom stereocenters. The summed E-state index contributed by atoms with van der Waals surface area (Å²) in [5, 5.41) is 18.3. The number of rotatable bonds is 5. The molecule has 0 radical (unpaired) electrons. The standard InChI is InChI=1S/C20H23N5O3S/c1-16-15-23(20(26)17-5-3-2-4-6-17)13-14-25(16)29(27,28)19-9-7-18(8-10-19)24-12-11-21-22-24/h2-12,16,20,26H,13-15H2,1H3. The molecule has 9 heteroatoms. The van der Waals surface area contributed by atoms with Crippen LogP contribution in [0.25, 0.3) is 5.69 Å². The van der Waals surface area contributed by atoms with Gasteiger partial charge in [0.25, 0.3) is 0 Å². The highest BCUT2D eigenvalue weighted by Gasteiger charge is 2.35. The molecule has 4 rings (SSSR count). The summed E-state index contributed by atoms with van der Waals surface area (Å²) < 4.78 is 29.4. The summed E-state index contributed by atoms with van der Waals surface area (Å²) in [6.45, 7) is 3.09. The van der Waals surface area contributed by atoms with Crippen molar-refractivity contribution in [2.45, 2.75) is 24.1 Å². The molecular weight excluding hydrogens is 390 g/mol. The van der Waals surface area contributed by atoms with E-state index in [1.54, 1.807) is 41.3 Å². The molecule has 1 saturated heterocycles. The van der Waals surface area contributed by atoms with E-state index in [0.717, 1.165) is 11.3 Å². The Labute approximate surface area is 170 Å². The Morgan fingerprint density at radius 1 is 1.07 bits per heavy atom. The highest BCUT2D eigenvalue weighted by molar-refractivity contribution is 7.89. The van der Waals surface area contributed by atoms with Crippen LogP contribution < -0.4 is 0 Å². The van der Waals surface area contributed by atoms with Gasteiger partial charge in [-0.05, 0) is 36.8 Å². The Morgan fingerprint density at radius 2 is 1.79 bits per heavy atom. The minimum absolute atomic E-state index is 0.241. The molecule has 8 nitrogen and oxygen atoms in total. The van der Waals surface area contributed by atoms with Crippen LogP contribution in [0.5, 0.6) is 0 Å². The molecule has 0 aliphatic carbocycles. The number of sulfonamides is 1. The van der Waals surface area contributed by atoms with E-state index in [1.807, 2.05) is 42.2 Å². The van der Waals surface area contributed by atoms with Crippen LogP contribution in [0.1, 0.15) is 18.7 Å². The molecule has 0 bridgehead atoms. The maximum atomic E-state index is 13.2. The molecular formula is C20H23N5O3S. The van der Waals surface area contributed by atoms with Crippen LogP contribution in [0.15, 0.2) is 71.9 Å². The van der Waals surface area contributed by atoms with Gasteiger partial charge in [-0.15, -0.1) is 5.10 Å². The van der Waals surface area contributed by atoms with Crippen LogP contribution in [0.4, 0.5) is 0 Å². The van der Waals surface area contributed by atoms with Crippen LogP contribution in [0, 0.1) is 0 Å². The third-order valence-corrected chi connectivity index (χ3v) is 7.20. The Bertz CT molecular complexity index is 1040. The number of hydrogen-bond acceptors (Lipinski definition) is 6. The Balaban J connectivity index is 1.48. The number of benzene rings is 2. The molecule has 2 heterocycles. The molecule has 1 N–H and O–H groups in total. The smallest absolute Gasteiger partial charge is 0.243 e. The van der Waals surface area contributed by atoms with Gasteiger partial charge < -0.3 is 5.11 Å². The second kappa shape index (κ2) is 8.03. The topological polar surface area (TPSA) is 91.6 Å². The van der Waals surface area contributed by atoms with Crippen molar-refractivity contribution in [2.24, 2.45) is 0 Å². The fourth-order valence-corrected chi connectivity index (χ4v) is 5.25. The average molecular weight is 414 g/mol. The highest BCUT2D eigenvalue weighted by atomic mass is 32.2. The predicted octanol–water partition coefficient (Wildman–Crippen LogP) is 1.65. The lowest BCUT2D eigenvalue weighted by Gasteiger charge is -2.40. The normalized spacial score (nSPS) is 19.9. The summed E-state index contributed by atoms with van der Waals surface area (Å²) >= 11 is 0. The van der Waals surface area contributed by atoms with E-state index in [-0.39, 0.29) is 10.9 Å². The molecule has 1 aliphatic heterocycles. The van der Waals surface area contributed by atoms with Gasteiger partial charge in [0.2, 0.25) is 10.0 Å². The van der Waals surface area contributed by atoms with Crippen molar-refractivity contribution in [1.29, 1.82) is 0 Å². The zero-order chi connectivity index (χ0) is 20.4. The van der Waals surface area contributed by atoms with Gasteiger partial charge in [0.1, 0.15) is 6.23 Å². The fraction of sp³-hybridized carbons (Fsp3) is 0.300. The van der Waals surface area contributed by atoms with Crippen molar-refractivity contribution in [3.05, 3.63) is 72.6 Å². The van der Waals surface area contributed by atoms with Gasteiger partial charge in [0, 0.05) is 25.7 Å². The second-order valence-electron chi connectivity index (χ2n) is 7.09. The van der Waals surface area contributed by atoms with Crippen LogP contribution in [-0.2, 0) is 10.0 Å². The van der Waals surface area contributed by atoms with E-state index >= 15 is 0 Å². The molecule has 152 valence electrons. The number of aromatic nitrogens is 3. The zero-order valence-electron chi connectivity index (χ0n) is 16.0. The first kappa shape index (κ1) is 19.7. The van der Waals surface area contributed by atoms with Crippen LogP contribution in [0.3, 0.4) is 0 Å². The van der Waals surface area contributed by atoms with Crippen molar-refractivity contribution in [3.8, 4) is 5.69 Å². The molecule has 2 unspecified atom stereocenters. The lowest BCUT2D eigenvalue weighted by atomic mass is 10.1. The first-order valence-corrected chi connectivity index (χ1v) is 10.9. The molecule has 0 saturated carbocycles. The Hall–Kier alpha value is -2.59. The molecule has 3 aromatic rings. The van der Waals surface area contributed by atoms with E-state index in [9.17, 15) is 13.5 Å². The summed E-state index contributed by atoms with van der Waals surface area (Å²) in [7, 11) is -3.63. The fourth-order valence-electron chi connectivity index (χ4n) is 3.64. The summed E-state index contributed by atoms with van der Waals surface area (Å²) in [4.78, 5) is 2.14. The highest BCUT2D eigenvalue weighted by Crippen LogP contribution is 2.26. The van der Waals surface area contributed by atoms with E-state index < -0.39 is 16.3 Å². The van der Waals surface area contributed by atoms with Crippen LogP contribution in [0.2, 0.25) is 0 Å². The van der Waals surface area contributed by atoms with Crippen molar-refractivity contribution in [3.63, 3.8) is 0 Å². The SMILES string of the molecule is CC1CN(C(O)c2ccccc2)CCN1S(=O)(=O)c1ccc(-n2ccnn2)cc1. The number of hydrogen-bond donors (Lipinski definition) is 1. The van der Waals surface area contributed by atoms with Crippen molar-refractivity contribution < 1.29 is 13.5 Å². The van der Waals surface area contributed by atoms with Crippen LogP contribution in [-0.4, -0.2) is 63.4 Å². The Kier molecular flexibility index (Phi) is 5.46. The quantitative estimate of drug-likeness (QED) is 0.684. The van der Waals surface area contributed by atoms with Gasteiger partial charge in [0.05, 0.1) is 23.0 Å². The minimum Gasteiger partial charge on any atom is -0.374 e. The first-order valence-electron chi connectivity index (χ1n) is 9.42. The first-order chi connectivity index (χ1) is 14.0. The number of aliphatic hydroxyl groups is 1. The largest absolute Gasteiger partial charge is 0.374 e. The van der Waals surface area contributed by atoms with Crippen molar-refractivity contribution in [1.82, 2.24) is 24.2 Å². The Morgan fingerprint density at radius 3 is 2.41 bits per heavy atom. The van der Waals surface area contributed by atoms with Crippen molar-refractivity contribution >= 4 is 10.0 Å². The summed E-state index contributed by atoms with van der Waals surface area (Å²) in [5.41, 5.74) is 1.55. The molecule has 1 aromatic heterocycles. The van der Waals surface area contributed by atoms with Gasteiger partial charge in [-0.3, -0.25) is 4.90 Å². The van der Waals surface area contributed by atoms with Gasteiger partial charge >= 0.3 is 0 Å². The lowest BCUT2D eigenvalue weighted by molar-refractivity contribution is -0.0282. The second-order valence-corrected chi connectivity index (χ2v) is 8.98. The van der Waals surface area contributed by atoms with E-state index in [4.69, 9.17) is 0 Å². The number of nitrogens with zero attached hydrogens (tertiary/aromatic N) is 5. The summed E-state index contributed by atoms with van der Waals surface area (Å²) in [6, 6.07) is 15.7. The molecule has 0 amide bonds. The monoisotopic (exact) mass is 413 g/mol. The molecule has 0 spiro atoms. The maximum Gasteiger partial charge on any atom is 0.243 e. The molecule has 1 fully saturated rings. The molecule has 29 heavy (non-hydrogen) atoms. The average Bonchev–Trinajstić information content (AvgIpc) is 3.28.